The molecule has 6 heteroatoms. The highest BCUT2D eigenvalue weighted by atomic mass is 35.5. The molecule has 1 atom stereocenters. The van der Waals surface area contributed by atoms with Gasteiger partial charge in [0.15, 0.2) is 11.5 Å². The predicted octanol–water partition coefficient (Wildman–Crippen LogP) is 4.83. The Morgan fingerprint density at radius 1 is 1.06 bits per heavy atom. The van der Waals surface area contributed by atoms with Crippen molar-refractivity contribution in [1.29, 1.82) is 0 Å². The molecule has 2 N–H and O–H groups in total. The fourth-order valence-electron chi connectivity index (χ4n) is 4.59. The van der Waals surface area contributed by atoms with Crippen LogP contribution >= 0.6 is 12.4 Å². The molecule has 4 rings (SSSR count). The number of nitrogens with zero attached hydrogens (tertiary/aromatic N) is 1. The number of halogens is 1. The molecule has 1 unspecified atom stereocenters. The molecule has 176 valence electrons. The van der Waals surface area contributed by atoms with Crippen LogP contribution in [0.3, 0.4) is 0 Å². The minimum absolute atomic E-state index is 0. The van der Waals surface area contributed by atoms with Crippen molar-refractivity contribution >= 4 is 18.0 Å². The second-order valence-corrected chi connectivity index (χ2v) is 8.91. The average molecular weight is 462 g/mol. The highest BCUT2D eigenvalue weighted by Gasteiger charge is 2.35. The summed E-state index contributed by atoms with van der Waals surface area (Å²) in [7, 11) is 3.39. The second kappa shape index (κ2) is 11.2. The van der Waals surface area contributed by atoms with Crippen LogP contribution in [-0.4, -0.2) is 50.8 Å². The molecular formula is C26H36ClNO4. The summed E-state index contributed by atoms with van der Waals surface area (Å²) in [5, 5.41) is 0. The highest BCUT2D eigenvalue weighted by Crippen LogP contribution is 2.44. The zero-order valence-electron chi connectivity index (χ0n) is 19.5. The quantitative estimate of drug-likeness (QED) is 0.618. The van der Waals surface area contributed by atoms with Crippen molar-refractivity contribution in [1.82, 2.24) is 4.90 Å². The van der Waals surface area contributed by atoms with Crippen molar-refractivity contribution in [3.05, 3.63) is 65.2 Å². The lowest BCUT2D eigenvalue weighted by Crippen LogP contribution is -2.35. The van der Waals surface area contributed by atoms with Gasteiger partial charge in [-0.3, -0.25) is 4.90 Å². The van der Waals surface area contributed by atoms with E-state index in [-0.39, 0.29) is 29.4 Å². The number of ether oxygens (including phenoxy) is 3. The first kappa shape index (κ1) is 26.2. The Kier molecular flexibility index (Phi) is 9.17. The summed E-state index contributed by atoms with van der Waals surface area (Å²) in [6, 6.07) is 15.0. The SMILES string of the molecule is COc1cc2c(cc1OC)C(C)(C)COC2CCN1CC=C(c2ccccc2)CC1.Cl.O. The first-order valence-electron chi connectivity index (χ1n) is 10.9. The number of hydrogen-bond donors (Lipinski definition) is 0. The maximum absolute atomic E-state index is 6.34. The predicted molar refractivity (Wildman–Crippen MR) is 132 cm³/mol. The van der Waals surface area contributed by atoms with Crippen LogP contribution in [0.5, 0.6) is 11.5 Å². The summed E-state index contributed by atoms with van der Waals surface area (Å²) < 4.78 is 17.5. The van der Waals surface area contributed by atoms with Gasteiger partial charge in [0.2, 0.25) is 0 Å². The normalized spacial score (nSPS) is 19.6. The molecule has 0 spiro atoms. The number of rotatable bonds is 6. The van der Waals surface area contributed by atoms with E-state index in [0.717, 1.165) is 50.6 Å². The molecule has 2 aliphatic heterocycles. The van der Waals surface area contributed by atoms with Crippen LogP contribution in [-0.2, 0) is 10.2 Å². The van der Waals surface area contributed by atoms with E-state index >= 15 is 0 Å². The fraction of sp³-hybridized carbons (Fsp3) is 0.462. The van der Waals surface area contributed by atoms with Gasteiger partial charge in [0, 0.05) is 25.0 Å². The molecular weight excluding hydrogens is 426 g/mol. The molecule has 0 fully saturated rings. The zero-order chi connectivity index (χ0) is 21.1. The Hall–Kier alpha value is -2.05. The largest absolute Gasteiger partial charge is 0.493 e. The summed E-state index contributed by atoms with van der Waals surface area (Å²) in [5.74, 6) is 1.57. The van der Waals surface area contributed by atoms with Crippen LogP contribution < -0.4 is 9.47 Å². The lowest BCUT2D eigenvalue weighted by atomic mass is 9.78. The molecule has 0 aromatic heterocycles. The van der Waals surface area contributed by atoms with Gasteiger partial charge < -0.3 is 19.7 Å². The van der Waals surface area contributed by atoms with E-state index in [1.54, 1.807) is 14.2 Å². The third-order valence-corrected chi connectivity index (χ3v) is 6.42. The molecule has 5 nitrogen and oxygen atoms in total. The number of fused-ring (bicyclic) bond motifs is 1. The average Bonchev–Trinajstić information content (AvgIpc) is 2.78. The van der Waals surface area contributed by atoms with E-state index in [9.17, 15) is 0 Å². The molecule has 2 aromatic rings. The highest BCUT2D eigenvalue weighted by molar-refractivity contribution is 5.85. The van der Waals surface area contributed by atoms with Crippen LogP contribution in [0.25, 0.3) is 5.57 Å². The zero-order valence-corrected chi connectivity index (χ0v) is 20.3. The Labute approximate surface area is 198 Å². The molecule has 2 aliphatic rings. The van der Waals surface area contributed by atoms with Crippen molar-refractivity contribution in [3.63, 3.8) is 0 Å². The van der Waals surface area contributed by atoms with Gasteiger partial charge in [-0.25, -0.2) is 0 Å². The Balaban J connectivity index is 0.00000181. The smallest absolute Gasteiger partial charge is 0.161 e. The molecule has 0 bridgehead atoms. The lowest BCUT2D eigenvalue weighted by molar-refractivity contribution is -0.00285. The van der Waals surface area contributed by atoms with Gasteiger partial charge in [-0.05, 0) is 47.2 Å². The third kappa shape index (κ3) is 5.46. The first-order chi connectivity index (χ1) is 14.5. The number of methoxy groups -OCH3 is 2. The molecule has 0 saturated carbocycles. The summed E-state index contributed by atoms with van der Waals surface area (Å²) in [6.07, 6.45) is 4.55. The Morgan fingerprint density at radius 3 is 2.38 bits per heavy atom. The fourth-order valence-corrected chi connectivity index (χ4v) is 4.59. The first-order valence-corrected chi connectivity index (χ1v) is 10.9. The monoisotopic (exact) mass is 461 g/mol. The van der Waals surface area contributed by atoms with Gasteiger partial charge in [0.25, 0.3) is 0 Å². The van der Waals surface area contributed by atoms with Crippen molar-refractivity contribution in [3.8, 4) is 11.5 Å². The van der Waals surface area contributed by atoms with E-state index in [1.165, 1.54) is 22.3 Å². The van der Waals surface area contributed by atoms with E-state index in [1.807, 2.05) is 0 Å². The molecule has 0 saturated heterocycles. The number of hydrogen-bond acceptors (Lipinski definition) is 4. The van der Waals surface area contributed by atoms with Gasteiger partial charge in [-0.15, -0.1) is 12.4 Å². The molecule has 2 aromatic carbocycles. The van der Waals surface area contributed by atoms with Gasteiger partial charge in [0.1, 0.15) is 0 Å². The third-order valence-electron chi connectivity index (χ3n) is 6.42. The van der Waals surface area contributed by atoms with Gasteiger partial charge in [-0.1, -0.05) is 50.3 Å². The van der Waals surface area contributed by atoms with Crippen LogP contribution in [0, 0.1) is 0 Å². The minimum Gasteiger partial charge on any atom is -0.493 e. The molecule has 0 radical (unpaired) electrons. The summed E-state index contributed by atoms with van der Waals surface area (Å²) >= 11 is 0. The summed E-state index contributed by atoms with van der Waals surface area (Å²) in [6.45, 7) is 8.30. The minimum atomic E-state index is -0.0379. The van der Waals surface area contributed by atoms with Gasteiger partial charge in [0.05, 0.1) is 26.9 Å². The van der Waals surface area contributed by atoms with Crippen molar-refractivity contribution < 1.29 is 19.7 Å². The van der Waals surface area contributed by atoms with E-state index in [4.69, 9.17) is 14.2 Å². The standard InChI is InChI=1S/C26H33NO3.ClH.H2O/c1-26(2)18-30-23(21-16-24(28-3)25(29-4)17-22(21)26)12-15-27-13-10-20(11-14-27)19-8-6-5-7-9-19;;/h5-10,16-17,23H,11-15,18H2,1-4H3;1H;1H2. The Morgan fingerprint density at radius 2 is 1.75 bits per heavy atom. The van der Waals surface area contributed by atoms with Gasteiger partial charge in [-0.2, -0.15) is 0 Å². The molecule has 0 amide bonds. The Bertz CT molecular complexity index is 914. The van der Waals surface area contributed by atoms with Crippen LogP contribution in [0.15, 0.2) is 48.5 Å². The van der Waals surface area contributed by atoms with Crippen LogP contribution in [0.2, 0.25) is 0 Å². The molecule has 32 heavy (non-hydrogen) atoms. The maximum atomic E-state index is 6.34. The summed E-state index contributed by atoms with van der Waals surface area (Å²) in [4.78, 5) is 2.52. The molecule has 0 aliphatic carbocycles. The lowest BCUT2D eigenvalue weighted by Gasteiger charge is -2.38. The maximum Gasteiger partial charge on any atom is 0.161 e. The van der Waals surface area contributed by atoms with Gasteiger partial charge >= 0.3 is 0 Å². The van der Waals surface area contributed by atoms with Crippen molar-refractivity contribution in [2.24, 2.45) is 0 Å². The van der Waals surface area contributed by atoms with E-state index < -0.39 is 0 Å². The second-order valence-electron chi connectivity index (χ2n) is 8.91. The van der Waals surface area contributed by atoms with Crippen LogP contribution in [0.1, 0.15) is 49.5 Å². The van der Waals surface area contributed by atoms with E-state index in [2.05, 4.69) is 67.3 Å². The van der Waals surface area contributed by atoms with Crippen molar-refractivity contribution in [2.75, 3.05) is 40.5 Å². The summed E-state index contributed by atoms with van der Waals surface area (Å²) in [5.41, 5.74) is 5.32. The van der Waals surface area contributed by atoms with Crippen molar-refractivity contribution in [2.45, 2.75) is 38.2 Å². The van der Waals surface area contributed by atoms with E-state index in [0.29, 0.717) is 0 Å². The topological polar surface area (TPSA) is 62.4 Å². The molecule has 2 heterocycles. The number of benzene rings is 2. The van der Waals surface area contributed by atoms with Crippen LogP contribution in [0.4, 0.5) is 0 Å².